The molecule has 142 valence electrons. The van der Waals surface area contributed by atoms with Crippen molar-refractivity contribution in [3.63, 3.8) is 0 Å². The molecule has 0 aliphatic carbocycles. The Morgan fingerprint density at radius 2 is 2.04 bits per heavy atom. The van der Waals surface area contributed by atoms with Gasteiger partial charge in [-0.15, -0.1) is 10.2 Å². The van der Waals surface area contributed by atoms with Crippen molar-refractivity contribution in [2.45, 2.75) is 25.2 Å². The number of rotatable bonds is 8. The number of para-hydroxylation sites is 1. The van der Waals surface area contributed by atoms with Crippen LogP contribution in [0.25, 0.3) is 0 Å². The van der Waals surface area contributed by atoms with E-state index in [-0.39, 0.29) is 12.5 Å². The van der Waals surface area contributed by atoms with E-state index in [0.29, 0.717) is 23.3 Å². The summed E-state index contributed by atoms with van der Waals surface area (Å²) in [4.78, 5) is 13.5. The highest BCUT2D eigenvalue weighted by atomic mass is 32.2. The molecular weight excluding hydrogens is 364 g/mol. The quantitative estimate of drug-likeness (QED) is 0.554. The molecule has 0 bridgehead atoms. The number of aryl methyl sites for hydroxylation is 1. The monoisotopic (exact) mass is 386 g/mol. The number of nitrogens with zero attached hydrogens (tertiary/aromatic N) is 4. The molecule has 1 aromatic carbocycles. The first kappa shape index (κ1) is 19.0. The van der Waals surface area contributed by atoms with Crippen LogP contribution in [0.3, 0.4) is 0 Å². The zero-order chi connectivity index (χ0) is 19.2. The second-order valence-corrected chi connectivity index (χ2v) is 7.14. The fourth-order valence-corrected chi connectivity index (χ4v) is 3.30. The predicted octanol–water partition coefficient (Wildman–Crippen LogP) is 2.99. The molecule has 0 saturated heterocycles. The molecule has 2 aromatic heterocycles. The summed E-state index contributed by atoms with van der Waals surface area (Å²) < 4.78 is 13.3. The lowest BCUT2D eigenvalue weighted by molar-refractivity contribution is -0.125. The normalized spacial score (nSPS) is 10.8. The molecule has 0 unspecified atom stereocenters. The summed E-state index contributed by atoms with van der Waals surface area (Å²) in [6.45, 7) is 2.75. The molecule has 1 amide bonds. The zero-order valence-corrected chi connectivity index (χ0v) is 16.4. The molecule has 0 aliphatic rings. The molecular formula is C19H22N4O3S. The van der Waals surface area contributed by atoms with E-state index >= 15 is 0 Å². The van der Waals surface area contributed by atoms with Crippen LogP contribution in [0.1, 0.15) is 17.1 Å². The van der Waals surface area contributed by atoms with Gasteiger partial charge in [0, 0.05) is 14.1 Å². The van der Waals surface area contributed by atoms with Gasteiger partial charge >= 0.3 is 0 Å². The van der Waals surface area contributed by atoms with Crippen LogP contribution in [0.4, 0.5) is 0 Å². The first-order chi connectivity index (χ1) is 13.0. The van der Waals surface area contributed by atoms with E-state index < -0.39 is 0 Å². The predicted molar refractivity (Wildman–Crippen MR) is 103 cm³/mol. The van der Waals surface area contributed by atoms with Gasteiger partial charge in [0.2, 0.25) is 5.91 Å². The van der Waals surface area contributed by atoms with E-state index in [1.165, 1.54) is 11.8 Å². The van der Waals surface area contributed by atoms with E-state index in [1.807, 2.05) is 47.9 Å². The average Bonchev–Trinajstić information content (AvgIpc) is 3.30. The van der Waals surface area contributed by atoms with Crippen molar-refractivity contribution in [2.75, 3.05) is 19.8 Å². The van der Waals surface area contributed by atoms with Gasteiger partial charge in [-0.3, -0.25) is 9.36 Å². The number of hydrogen-bond acceptors (Lipinski definition) is 6. The first-order valence-electron chi connectivity index (χ1n) is 8.50. The third-order valence-electron chi connectivity index (χ3n) is 3.96. The number of thioether (sulfide) groups is 1. The Morgan fingerprint density at radius 3 is 2.74 bits per heavy atom. The Morgan fingerprint density at radius 1 is 1.22 bits per heavy atom. The molecule has 3 rings (SSSR count). The van der Waals surface area contributed by atoms with Crippen molar-refractivity contribution >= 4 is 17.7 Å². The molecule has 0 spiro atoms. The minimum Gasteiger partial charge on any atom is -0.485 e. The lowest BCUT2D eigenvalue weighted by Crippen LogP contribution is -2.23. The van der Waals surface area contributed by atoms with Gasteiger partial charge in [-0.1, -0.05) is 30.0 Å². The maximum absolute atomic E-state index is 11.9. The third kappa shape index (κ3) is 4.91. The van der Waals surface area contributed by atoms with E-state index in [4.69, 9.17) is 9.15 Å². The van der Waals surface area contributed by atoms with Gasteiger partial charge in [0.05, 0.1) is 18.6 Å². The Balaban J connectivity index is 1.77. The van der Waals surface area contributed by atoms with Crippen LogP contribution in [0.2, 0.25) is 0 Å². The number of benzene rings is 1. The summed E-state index contributed by atoms with van der Waals surface area (Å²) in [5, 5.41) is 9.17. The van der Waals surface area contributed by atoms with Gasteiger partial charge < -0.3 is 14.1 Å². The molecule has 0 radical (unpaired) electrons. The van der Waals surface area contributed by atoms with Crippen molar-refractivity contribution < 1.29 is 13.9 Å². The van der Waals surface area contributed by atoms with Crippen LogP contribution in [-0.2, 0) is 17.9 Å². The van der Waals surface area contributed by atoms with E-state index in [0.717, 1.165) is 17.1 Å². The first-order valence-corrected chi connectivity index (χ1v) is 9.49. The number of hydrogen-bond donors (Lipinski definition) is 0. The van der Waals surface area contributed by atoms with Gasteiger partial charge in [0.25, 0.3) is 0 Å². The van der Waals surface area contributed by atoms with Crippen molar-refractivity contribution in [1.82, 2.24) is 19.7 Å². The average molecular weight is 386 g/mol. The molecule has 8 heteroatoms. The summed E-state index contributed by atoms with van der Waals surface area (Å²) in [5.74, 6) is 2.58. The number of carbonyl (C=O) groups is 1. The zero-order valence-electron chi connectivity index (χ0n) is 15.6. The SMILES string of the molecule is Cc1ccccc1OCc1nnc(SCC(=O)N(C)C)n1Cc1ccco1. The number of aromatic nitrogens is 3. The minimum atomic E-state index is 0.0188. The summed E-state index contributed by atoms with van der Waals surface area (Å²) in [6, 6.07) is 11.6. The van der Waals surface area contributed by atoms with Gasteiger partial charge in [-0.2, -0.15) is 0 Å². The standard InChI is InChI=1S/C19H22N4O3S/c1-14-7-4-5-9-16(14)26-12-17-20-21-19(27-13-18(24)22(2)3)23(17)11-15-8-6-10-25-15/h4-10H,11-13H2,1-3H3. The molecule has 2 heterocycles. The number of ether oxygens (including phenoxy) is 1. The van der Waals surface area contributed by atoms with Crippen molar-refractivity contribution in [2.24, 2.45) is 0 Å². The fourth-order valence-electron chi connectivity index (χ4n) is 2.37. The van der Waals surface area contributed by atoms with Crippen LogP contribution >= 0.6 is 11.8 Å². The minimum absolute atomic E-state index is 0.0188. The van der Waals surface area contributed by atoms with Crippen LogP contribution in [-0.4, -0.2) is 45.4 Å². The highest BCUT2D eigenvalue weighted by Gasteiger charge is 2.17. The maximum Gasteiger partial charge on any atom is 0.232 e. The lowest BCUT2D eigenvalue weighted by atomic mass is 10.2. The Kier molecular flexibility index (Phi) is 6.18. The molecule has 0 fully saturated rings. The maximum atomic E-state index is 11.9. The highest BCUT2D eigenvalue weighted by molar-refractivity contribution is 7.99. The smallest absolute Gasteiger partial charge is 0.232 e. The third-order valence-corrected chi connectivity index (χ3v) is 4.91. The van der Waals surface area contributed by atoms with Gasteiger partial charge in [0.15, 0.2) is 11.0 Å². The second-order valence-electron chi connectivity index (χ2n) is 6.20. The molecule has 27 heavy (non-hydrogen) atoms. The van der Waals surface area contributed by atoms with Crippen LogP contribution in [0.15, 0.2) is 52.2 Å². The van der Waals surface area contributed by atoms with Gasteiger partial charge in [-0.05, 0) is 30.7 Å². The van der Waals surface area contributed by atoms with Crippen LogP contribution in [0, 0.1) is 6.92 Å². The van der Waals surface area contributed by atoms with Crippen molar-refractivity contribution in [3.8, 4) is 5.75 Å². The van der Waals surface area contributed by atoms with E-state index in [9.17, 15) is 4.79 Å². The summed E-state index contributed by atoms with van der Waals surface area (Å²) >= 11 is 1.35. The van der Waals surface area contributed by atoms with Gasteiger partial charge in [-0.25, -0.2) is 0 Å². The molecule has 0 saturated carbocycles. The summed E-state index contributed by atoms with van der Waals surface area (Å²) in [7, 11) is 3.47. The van der Waals surface area contributed by atoms with Crippen molar-refractivity contribution in [3.05, 3.63) is 59.8 Å². The van der Waals surface area contributed by atoms with Crippen LogP contribution < -0.4 is 4.74 Å². The lowest BCUT2D eigenvalue weighted by Gasteiger charge is -2.12. The number of carbonyl (C=O) groups excluding carboxylic acids is 1. The fraction of sp³-hybridized carbons (Fsp3) is 0.316. The molecule has 0 atom stereocenters. The van der Waals surface area contributed by atoms with Gasteiger partial charge in [0.1, 0.15) is 18.1 Å². The topological polar surface area (TPSA) is 73.4 Å². The highest BCUT2D eigenvalue weighted by Crippen LogP contribution is 2.22. The molecule has 3 aromatic rings. The molecule has 0 aliphatic heterocycles. The van der Waals surface area contributed by atoms with E-state index in [2.05, 4.69) is 10.2 Å². The largest absolute Gasteiger partial charge is 0.485 e. The van der Waals surface area contributed by atoms with E-state index in [1.54, 1.807) is 25.3 Å². The molecule has 7 nitrogen and oxygen atoms in total. The number of amides is 1. The molecule has 0 N–H and O–H groups in total. The Hall–Kier alpha value is -2.74. The van der Waals surface area contributed by atoms with Crippen LogP contribution in [0.5, 0.6) is 5.75 Å². The number of furan rings is 1. The summed E-state index contributed by atoms with van der Waals surface area (Å²) in [6.07, 6.45) is 1.63. The second kappa shape index (κ2) is 8.77. The van der Waals surface area contributed by atoms with Crippen molar-refractivity contribution in [1.29, 1.82) is 0 Å². The summed E-state index contributed by atoms with van der Waals surface area (Å²) in [5.41, 5.74) is 1.06. The Bertz CT molecular complexity index is 890. The Labute approximate surface area is 162 Å².